The average molecular weight is 1110 g/mol. The Labute approximate surface area is 440 Å². The van der Waals surface area contributed by atoms with Crippen molar-refractivity contribution in [1.82, 2.24) is 29.5 Å². The number of H-pyrrole nitrogens is 1. The van der Waals surface area contributed by atoms with Crippen LogP contribution in [0.5, 0.6) is 5.75 Å². The number of sulfonamides is 2. The van der Waals surface area contributed by atoms with E-state index < -0.39 is 78.4 Å². The fourth-order valence-electron chi connectivity index (χ4n) is 8.14. The fraction of sp³-hybridized carbons (Fsp3) is 0.531. The van der Waals surface area contributed by atoms with Gasteiger partial charge in [0.25, 0.3) is 37.8 Å². The number of ether oxygens (including phenoxy) is 5. The van der Waals surface area contributed by atoms with Crippen molar-refractivity contribution in [3.63, 3.8) is 0 Å². The van der Waals surface area contributed by atoms with Gasteiger partial charge in [-0.3, -0.25) is 24.0 Å². The van der Waals surface area contributed by atoms with Gasteiger partial charge in [-0.05, 0) is 109 Å². The van der Waals surface area contributed by atoms with Gasteiger partial charge in [0.05, 0.1) is 11.1 Å². The summed E-state index contributed by atoms with van der Waals surface area (Å²) in [6, 6.07) is 5.36. The summed E-state index contributed by atoms with van der Waals surface area (Å²) in [6.07, 6.45) is -2.66. The van der Waals surface area contributed by atoms with Crippen molar-refractivity contribution in [3.8, 4) is 5.75 Å². The summed E-state index contributed by atoms with van der Waals surface area (Å²) in [5.41, 5.74) is 3.93. The molecule has 0 aliphatic carbocycles. The number of nitrogens with zero attached hydrogens (tertiary/aromatic N) is 2. The molecule has 0 fully saturated rings. The van der Waals surface area contributed by atoms with Crippen molar-refractivity contribution in [1.29, 1.82) is 0 Å². The number of unbranched alkanes of at least 4 members (excludes halogenated alkanes) is 1. The molecule has 2 aliphatic rings. The van der Waals surface area contributed by atoms with Crippen LogP contribution in [0.3, 0.4) is 0 Å². The van der Waals surface area contributed by atoms with E-state index in [9.17, 15) is 50.4 Å². The van der Waals surface area contributed by atoms with Crippen LogP contribution in [0.1, 0.15) is 118 Å². The number of anilines is 1. The van der Waals surface area contributed by atoms with Crippen molar-refractivity contribution in [3.05, 3.63) is 57.9 Å². The molecule has 0 radical (unpaired) electrons. The first-order valence-corrected chi connectivity index (χ1v) is 28.3. The number of fused-ring (bicyclic) bond motifs is 2. The van der Waals surface area contributed by atoms with Crippen LogP contribution < -0.4 is 25.4 Å². The van der Waals surface area contributed by atoms with Crippen molar-refractivity contribution < 1.29 is 74.1 Å². The molecule has 5 N–H and O–H groups in total. The Morgan fingerprint density at radius 3 is 2.23 bits per heavy atom. The van der Waals surface area contributed by atoms with Gasteiger partial charge < -0.3 is 49.5 Å². The molecule has 0 spiro atoms. The molecule has 1 aromatic carbocycles. The monoisotopic (exact) mass is 1110 g/mol. The molecule has 3 amide bonds. The standard InChI is InChI=1S/C49H67N7O16S3/c1-10-50-39-27-56(21-15-23-68-9)75(66,67)49-36(39)26-42(73-49)74(64,65)54-44(59)30(6)70-48(63)32(8)71-47(62)31(7)69-40(57)16-13-14-17-41(58)72-33-18-19-37-34(24-33)35(45(60)53-37)25-38-28(4)43(29(5)52-38)46(61)51-20-22-55(11-2)12-3/h18-19,24-26,30-32,39,50,52H,10-17,20-23,27H2,1-9H3,(H,51,61)(H,53,60)(H,54,59)/b35-25-/t30?,31?,32?,39-/m1/s1. The van der Waals surface area contributed by atoms with Crippen molar-refractivity contribution >= 4 is 90.3 Å². The molecule has 2 aliphatic heterocycles. The molecule has 0 bridgehead atoms. The van der Waals surface area contributed by atoms with E-state index in [0.717, 1.165) is 26.9 Å². The summed E-state index contributed by atoms with van der Waals surface area (Å²) >= 11 is 0.478. The zero-order valence-electron chi connectivity index (χ0n) is 43.5. The quantitative estimate of drug-likeness (QED) is 0.0239. The second kappa shape index (κ2) is 26.6. The van der Waals surface area contributed by atoms with Gasteiger partial charge in [0.1, 0.15) is 14.2 Å². The van der Waals surface area contributed by atoms with E-state index in [1.165, 1.54) is 30.5 Å². The van der Waals surface area contributed by atoms with Gasteiger partial charge >= 0.3 is 23.9 Å². The molecule has 26 heteroatoms. The van der Waals surface area contributed by atoms with Crippen LogP contribution in [0, 0.1) is 13.8 Å². The van der Waals surface area contributed by atoms with Crippen LogP contribution in [-0.2, 0) is 67.8 Å². The molecule has 5 rings (SSSR count). The normalized spacial score (nSPS) is 16.8. The highest BCUT2D eigenvalue weighted by molar-refractivity contribution is 7.94. The molecule has 23 nitrogen and oxygen atoms in total. The number of amides is 3. The number of hydrogen-bond acceptors (Lipinski definition) is 19. The molecular formula is C49H67N7O16S3. The Balaban J connectivity index is 1.05. The Kier molecular flexibility index (Phi) is 21.3. The zero-order chi connectivity index (χ0) is 55.4. The van der Waals surface area contributed by atoms with Crippen LogP contribution in [0.2, 0.25) is 0 Å². The van der Waals surface area contributed by atoms with Crippen LogP contribution in [0.25, 0.3) is 11.6 Å². The predicted molar refractivity (Wildman–Crippen MR) is 275 cm³/mol. The summed E-state index contributed by atoms with van der Waals surface area (Å²) in [7, 11) is -7.23. The summed E-state index contributed by atoms with van der Waals surface area (Å²) < 4.78 is 81.9. The van der Waals surface area contributed by atoms with Crippen LogP contribution in [-0.4, -0.2) is 150 Å². The van der Waals surface area contributed by atoms with E-state index in [-0.39, 0.29) is 66.1 Å². The summed E-state index contributed by atoms with van der Waals surface area (Å²) in [6.45, 7) is 16.8. The van der Waals surface area contributed by atoms with Crippen molar-refractivity contribution in [2.75, 3.05) is 64.8 Å². The molecule has 0 saturated carbocycles. The Hall–Kier alpha value is -6.03. The molecule has 0 saturated heterocycles. The summed E-state index contributed by atoms with van der Waals surface area (Å²) in [5.74, 6) is -5.45. The number of likely N-dealkylation sites (N-methyl/N-ethyl adjacent to an activating group) is 2. The van der Waals surface area contributed by atoms with E-state index in [2.05, 4.69) is 39.7 Å². The van der Waals surface area contributed by atoms with E-state index in [4.69, 9.17) is 23.7 Å². The number of benzene rings is 1. The summed E-state index contributed by atoms with van der Waals surface area (Å²) in [4.78, 5) is 95.5. The first kappa shape index (κ1) is 59.8. The molecule has 4 heterocycles. The first-order chi connectivity index (χ1) is 35.4. The van der Waals surface area contributed by atoms with E-state index in [1.54, 1.807) is 32.1 Å². The van der Waals surface area contributed by atoms with E-state index >= 15 is 0 Å². The number of aromatic amines is 1. The van der Waals surface area contributed by atoms with Crippen LogP contribution in [0.4, 0.5) is 5.69 Å². The van der Waals surface area contributed by atoms with Gasteiger partial charge in [-0.25, -0.2) is 31.1 Å². The SMILES string of the molecule is CCN[C@@H]1CN(CCCOC)S(=O)(=O)c2sc(S(=O)(=O)NC(=O)C(C)OC(=O)C(C)OC(=O)C(C)OC(=O)CCCCC(=O)Oc3ccc4c(c3)/C(=C/c3[nH]c(C)c(C(=O)NCCN(CC)CC)c3C)C(=O)N4)cc21. The number of hydrogen-bond donors (Lipinski definition) is 5. The number of esters is 4. The number of rotatable bonds is 27. The topological polar surface area (TPSA) is 304 Å². The molecule has 2 aromatic heterocycles. The largest absolute Gasteiger partial charge is 0.451 e. The lowest BCUT2D eigenvalue weighted by molar-refractivity contribution is -0.179. The molecule has 3 unspecified atom stereocenters. The highest BCUT2D eigenvalue weighted by Gasteiger charge is 2.41. The number of methoxy groups -OCH3 is 1. The Bertz CT molecular complexity index is 2880. The summed E-state index contributed by atoms with van der Waals surface area (Å²) in [5, 5.41) is 8.93. The minimum atomic E-state index is -4.65. The maximum Gasteiger partial charge on any atom is 0.347 e. The van der Waals surface area contributed by atoms with Gasteiger partial charge in [0.15, 0.2) is 18.3 Å². The fourth-order valence-corrected chi connectivity index (χ4v) is 13.1. The highest BCUT2D eigenvalue weighted by Crippen LogP contribution is 2.41. The number of aryl methyl sites for hydroxylation is 1. The average Bonchev–Trinajstić information content (AvgIpc) is 4.03. The number of carbonyl (C=O) groups is 7. The minimum absolute atomic E-state index is 0.0531. The lowest BCUT2D eigenvalue weighted by Crippen LogP contribution is -2.43. The predicted octanol–water partition coefficient (Wildman–Crippen LogP) is 3.71. The zero-order valence-corrected chi connectivity index (χ0v) is 46.0. The van der Waals surface area contributed by atoms with Gasteiger partial charge in [-0.2, -0.15) is 4.31 Å². The second-order valence-electron chi connectivity index (χ2n) is 17.7. The van der Waals surface area contributed by atoms with Crippen LogP contribution in [0.15, 0.2) is 32.7 Å². The van der Waals surface area contributed by atoms with Crippen LogP contribution >= 0.6 is 11.3 Å². The lowest BCUT2D eigenvalue weighted by Gasteiger charge is -2.32. The van der Waals surface area contributed by atoms with E-state index in [1.807, 2.05) is 11.6 Å². The Morgan fingerprint density at radius 2 is 1.57 bits per heavy atom. The number of aromatic nitrogens is 1. The van der Waals surface area contributed by atoms with Gasteiger partial charge in [-0.1, -0.05) is 20.8 Å². The smallest absolute Gasteiger partial charge is 0.347 e. The lowest BCUT2D eigenvalue weighted by atomic mass is 10.0. The maximum atomic E-state index is 13.5. The van der Waals surface area contributed by atoms with E-state index in [0.29, 0.717) is 83.3 Å². The molecule has 4 atom stereocenters. The molecule has 412 valence electrons. The molecular weight excluding hydrogens is 1040 g/mol. The molecule has 75 heavy (non-hydrogen) atoms. The van der Waals surface area contributed by atoms with Gasteiger partial charge in [0.2, 0.25) is 0 Å². The highest BCUT2D eigenvalue weighted by atomic mass is 32.3. The van der Waals surface area contributed by atoms with Crippen molar-refractivity contribution in [2.24, 2.45) is 0 Å². The number of nitrogens with one attached hydrogen (secondary N) is 5. The van der Waals surface area contributed by atoms with Gasteiger partial charge in [-0.15, -0.1) is 11.3 Å². The number of carbonyl (C=O) groups excluding carboxylic acids is 7. The third kappa shape index (κ3) is 15.3. The minimum Gasteiger partial charge on any atom is -0.451 e. The maximum absolute atomic E-state index is 13.5. The van der Waals surface area contributed by atoms with Crippen molar-refractivity contribution in [2.45, 2.75) is 120 Å². The Morgan fingerprint density at radius 1 is 0.920 bits per heavy atom. The van der Waals surface area contributed by atoms with Gasteiger partial charge in [0, 0.05) is 87.0 Å². The third-order valence-electron chi connectivity index (χ3n) is 12.3. The molecule has 3 aromatic rings. The third-order valence-corrected chi connectivity index (χ3v) is 17.7. The first-order valence-electron chi connectivity index (χ1n) is 24.6. The number of thiophene rings is 1. The second-order valence-corrected chi connectivity index (χ2v) is 22.8.